The van der Waals surface area contributed by atoms with Gasteiger partial charge in [0.2, 0.25) is 8.32 Å². The fourth-order valence-electron chi connectivity index (χ4n) is 1.51. The Bertz CT molecular complexity index is 527. The van der Waals surface area contributed by atoms with E-state index in [1.165, 1.54) is 0 Å². The molecular weight excluding hydrogens is 294 g/mol. The molecule has 0 unspecified atom stereocenters. The summed E-state index contributed by atoms with van der Waals surface area (Å²) in [6.45, 7) is 16.5. The van der Waals surface area contributed by atoms with Crippen molar-refractivity contribution < 1.29 is 14.0 Å². The first-order valence-electron chi connectivity index (χ1n) is 7.59. The molecule has 0 aromatic heterocycles. The third-order valence-electron chi connectivity index (χ3n) is 3.66. The average Bonchev–Trinajstić information content (AvgIpc) is 2.23. The van der Waals surface area contributed by atoms with Gasteiger partial charge in [-0.05, 0) is 51.0 Å². The van der Waals surface area contributed by atoms with E-state index in [0.717, 1.165) is 5.75 Å². The number of nitrogens with one attached hydrogen (secondary N) is 1. The maximum Gasteiger partial charge on any atom is 0.412 e. The van der Waals surface area contributed by atoms with Gasteiger partial charge in [0, 0.05) is 11.8 Å². The minimum Gasteiger partial charge on any atom is -0.543 e. The molecule has 4 nitrogen and oxygen atoms in total. The highest BCUT2D eigenvalue weighted by molar-refractivity contribution is 6.74. The first-order valence-corrected chi connectivity index (χ1v) is 10.5. The van der Waals surface area contributed by atoms with Gasteiger partial charge in [0.25, 0.3) is 0 Å². The molecule has 1 aromatic rings. The summed E-state index contributed by atoms with van der Waals surface area (Å²) in [5, 5.41) is 2.86. The van der Waals surface area contributed by atoms with E-state index in [-0.39, 0.29) is 5.04 Å². The zero-order valence-electron chi connectivity index (χ0n) is 15.0. The van der Waals surface area contributed by atoms with Crippen LogP contribution in [0.15, 0.2) is 24.3 Å². The summed E-state index contributed by atoms with van der Waals surface area (Å²) < 4.78 is 11.5. The highest BCUT2D eigenvalue weighted by atomic mass is 28.4. The van der Waals surface area contributed by atoms with Crippen molar-refractivity contribution in [3.05, 3.63) is 24.3 Å². The van der Waals surface area contributed by atoms with Gasteiger partial charge in [-0.25, -0.2) is 4.79 Å². The van der Waals surface area contributed by atoms with E-state index < -0.39 is 20.0 Å². The first kappa shape index (κ1) is 18.6. The molecule has 1 N–H and O–H groups in total. The number of hydrogen-bond donors (Lipinski definition) is 1. The van der Waals surface area contributed by atoms with E-state index >= 15 is 0 Å². The molecule has 0 saturated carbocycles. The van der Waals surface area contributed by atoms with E-state index in [2.05, 4.69) is 39.2 Å². The zero-order chi connectivity index (χ0) is 17.2. The number of rotatable bonds is 3. The maximum absolute atomic E-state index is 11.8. The van der Waals surface area contributed by atoms with Gasteiger partial charge in [-0.1, -0.05) is 26.8 Å². The molecule has 0 radical (unpaired) electrons. The fraction of sp³-hybridized carbons (Fsp3) is 0.588. The van der Waals surface area contributed by atoms with Crippen LogP contribution in [0.4, 0.5) is 10.5 Å². The molecule has 1 amide bonds. The Kier molecular flexibility index (Phi) is 5.33. The second kappa shape index (κ2) is 6.32. The van der Waals surface area contributed by atoms with Gasteiger partial charge in [-0.15, -0.1) is 0 Å². The lowest BCUT2D eigenvalue weighted by molar-refractivity contribution is 0.0636. The normalized spacial score (nSPS) is 12.7. The lowest BCUT2D eigenvalue weighted by atomic mass is 10.2. The largest absolute Gasteiger partial charge is 0.543 e. The van der Waals surface area contributed by atoms with Crippen LogP contribution in [0.2, 0.25) is 18.1 Å². The summed E-state index contributed by atoms with van der Waals surface area (Å²) in [5.74, 6) is 0.778. The Balaban J connectivity index is 2.81. The molecule has 0 heterocycles. The van der Waals surface area contributed by atoms with Crippen molar-refractivity contribution in [2.24, 2.45) is 0 Å². The minimum atomic E-state index is -1.89. The fourth-order valence-corrected chi connectivity index (χ4v) is 2.53. The first-order chi connectivity index (χ1) is 9.80. The van der Waals surface area contributed by atoms with Gasteiger partial charge in [0.15, 0.2) is 0 Å². The van der Waals surface area contributed by atoms with Gasteiger partial charge in [-0.3, -0.25) is 5.32 Å². The zero-order valence-corrected chi connectivity index (χ0v) is 16.0. The van der Waals surface area contributed by atoms with Gasteiger partial charge in [0.05, 0.1) is 0 Å². The Morgan fingerprint density at radius 2 is 1.68 bits per heavy atom. The van der Waals surface area contributed by atoms with Crippen LogP contribution in [-0.4, -0.2) is 20.0 Å². The standard InChI is InChI=1S/C17H29NO3Si/c1-16(2,3)20-15(19)18-13-10-9-11-14(12-13)21-22(7,8)17(4,5)6/h9-12H,1-8H3,(H,18,19). The van der Waals surface area contributed by atoms with Crippen molar-refractivity contribution in [3.8, 4) is 5.75 Å². The number of ether oxygens (including phenoxy) is 1. The van der Waals surface area contributed by atoms with Crippen LogP contribution in [0.25, 0.3) is 0 Å². The molecule has 0 spiro atoms. The Labute approximate surface area is 135 Å². The monoisotopic (exact) mass is 323 g/mol. The van der Waals surface area contributed by atoms with Crippen LogP contribution in [0.3, 0.4) is 0 Å². The number of benzene rings is 1. The van der Waals surface area contributed by atoms with Crippen molar-refractivity contribution in [1.29, 1.82) is 0 Å². The van der Waals surface area contributed by atoms with Crippen molar-refractivity contribution in [2.75, 3.05) is 5.32 Å². The SMILES string of the molecule is CC(C)(C)OC(=O)Nc1cccc(O[Si](C)(C)C(C)(C)C)c1. The second-order valence-electron chi connectivity index (χ2n) is 8.02. The van der Waals surface area contributed by atoms with Gasteiger partial charge in [-0.2, -0.15) is 0 Å². The van der Waals surface area contributed by atoms with E-state index in [1.807, 2.05) is 45.0 Å². The summed E-state index contributed by atoms with van der Waals surface area (Å²) in [6, 6.07) is 7.45. The number of carbonyl (C=O) groups is 1. The van der Waals surface area contributed by atoms with E-state index in [9.17, 15) is 4.79 Å². The molecule has 124 valence electrons. The number of hydrogen-bond acceptors (Lipinski definition) is 3. The molecule has 22 heavy (non-hydrogen) atoms. The minimum absolute atomic E-state index is 0.127. The van der Waals surface area contributed by atoms with Crippen LogP contribution in [0.5, 0.6) is 5.75 Å². The molecule has 1 aromatic carbocycles. The number of anilines is 1. The number of carbonyl (C=O) groups excluding carboxylic acids is 1. The molecular formula is C17H29NO3Si. The predicted octanol–water partition coefficient (Wildman–Crippen LogP) is 5.42. The molecule has 0 saturated heterocycles. The summed E-state index contributed by atoms with van der Waals surface area (Å²) >= 11 is 0. The van der Waals surface area contributed by atoms with Gasteiger partial charge in [0.1, 0.15) is 11.4 Å². The average molecular weight is 324 g/mol. The summed E-state index contributed by atoms with van der Waals surface area (Å²) in [7, 11) is -1.89. The topological polar surface area (TPSA) is 47.6 Å². The van der Waals surface area contributed by atoms with E-state index in [4.69, 9.17) is 9.16 Å². The van der Waals surface area contributed by atoms with Crippen LogP contribution in [0, 0.1) is 0 Å². The van der Waals surface area contributed by atoms with Crippen molar-refractivity contribution >= 4 is 20.1 Å². The smallest absolute Gasteiger partial charge is 0.412 e. The molecule has 0 atom stereocenters. The lowest BCUT2D eigenvalue weighted by Crippen LogP contribution is -2.43. The van der Waals surface area contributed by atoms with Crippen LogP contribution >= 0.6 is 0 Å². The quantitative estimate of drug-likeness (QED) is 0.756. The van der Waals surface area contributed by atoms with Crippen molar-refractivity contribution in [1.82, 2.24) is 0 Å². The van der Waals surface area contributed by atoms with Gasteiger partial charge >= 0.3 is 6.09 Å². The molecule has 0 aliphatic carbocycles. The molecule has 0 aliphatic rings. The summed E-state index contributed by atoms with van der Waals surface area (Å²) in [6.07, 6.45) is -0.461. The van der Waals surface area contributed by atoms with Crippen LogP contribution in [-0.2, 0) is 4.74 Å². The third-order valence-corrected chi connectivity index (χ3v) is 8.02. The highest BCUT2D eigenvalue weighted by Gasteiger charge is 2.38. The second-order valence-corrected chi connectivity index (χ2v) is 12.7. The Morgan fingerprint density at radius 3 is 2.18 bits per heavy atom. The Hall–Kier alpha value is -1.49. The highest BCUT2D eigenvalue weighted by Crippen LogP contribution is 2.37. The van der Waals surface area contributed by atoms with Crippen LogP contribution in [0.1, 0.15) is 41.5 Å². The molecule has 0 fully saturated rings. The molecule has 0 aliphatic heterocycles. The van der Waals surface area contributed by atoms with E-state index in [1.54, 1.807) is 0 Å². The maximum atomic E-state index is 11.8. The number of amides is 1. The lowest BCUT2D eigenvalue weighted by Gasteiger charge is -2.36. The summed E-state index contributed by atoms with van der Waals surface area (Å²) in [5.41, 5.74) is 0.157. The van der Waals surface area contributed by atoms with Gasteiger partial charge < -0.3 is 9.16 Å². The van der Waals surface area contributed by atoms with Crippen LogP contribution < -0.4 is 9.74 Å². The van der Waals surface area contributed by atoms with Crippen molar-refractivity contribution in [2.45, 2.75) is 65.3 Å². The molecule has 1 rings (SSSR count). The summed E-state index contributed by atoms with van der Waals surface area (Å²) in [4.78, 5) is 11.8. The van der Waals surface area contributed by atoms with E-state index in [0.29, 0.717) is 5.69 Å². The van der Waals surface area contributed by atoms with Crippen molar-refractivity contribution in [3.63, 3.8) is 0 Å². The predicted molar refractivity (Wildman–Crippen MR) is 94.1 cm³/mol. The molecule has 5 heteroatoms. The Morgan fingerprint density at radius 1 is 1.09 bits per heavy atom. The molecule has 0 bridgehead atoms. The third kappa shape index (κ3) is 5.71.